The second-order valence-corrected chi connectivity index (χ2v) is 6.52. The van der Waals surface area contributed by atoms with Gasteiger partial charge in [0, 0.05) is 30.2 Å². The predicted octanol–water partition coefficient (Wildman–Crippen LogP) is 3.35. The first-order chi connectivity index (χ1) is 9.65. The molecule has 1 aromatic heterocycles. The van der Waals surface area contributed by atoms with Crippen LogP contribution in [0.4, 0.5) is 0 Å². The van der Waals surface area contributed by atoms with Crippen molar-refractivity contribution in [2.45, 2.75) is 25.2 Å². The molecule has 0 bridgehead atoms. The summed E-state index contributed by atoms with van der Waals surface area (Å²) >= 11 is 3.52. The van der Waals surface area contributed by atoms with E-state index in [1.54, 1.807) is 0 Å². The van der Waals surface area contributed by atoms with Crippen LogP contribution < -0.4 is 5.32 Å². The molecule has 20 heavy (non-hydrogen) atoms. The van der Waals surface area contributed by atoms with Crippen molar-refractivity contribution in [3.63, 3.8) is 0 Å². The van der Waals surface area contributed by atoms with Gasteiger partial charge in [0.05, 0.1) is 5.69 Å². The minimum atomic E-state index is 0.528. The number of nitrogens with zero attached hydrogens (tertiary/aromatic N) is 2. The highest BCUT2D eigenvalue weighted by atomic mass is 79.9. The van der Waals surface area contributed by atoms with Crippen LogP contribution in [0.5, 0.6) is 0 Å². The molecule has 0 spiro atoms. The fourth-order valence-corrected chi connectivity index (χ4v) is 3.54. The van der Waals surface area contributed by atoms with Crippen LogP contribution in [0.15, 0.2) is 34.9 Å². The van der Waals surface area contributed by atoms with Gasteiger partial charge in [0.2, 0.25) is 0 Å². The Bertz CT molecular complexity index is 588. The Kier molecular flexibility index (Phi) is 3.94. The Morgan fingerprint density at radius 2 is 2.00 bits per heavy atom. The lowest BCUT2D eigenvalue weighted by Crippen LogP contribution is -2.34. The van der Waals surface area contributed by atoms with Crippen molar-refractivity contribution < 1.29 is 0 Å². The third kappa shape index (κ3) is 2.67. The molecule has 0 radical (unpaired) electrons. The number of halogens is 1. The van der Waals surface area contributed by atoms with Gasteiger partial charge in [-0.15, -0.1) is 0 Å². The molecule has 0 amide bonds. The number of hydrogen-bond donors (Lipinski definition) is 1. The van der Waals surface area contributed by atoms with Crippen LogP contribution in [0, 0.1) is 6.92 Å². The number of aryl methyl sites for hydroxylation is 2. The molecule has 1 aliphatic heterocycles. The zero-order valence-electron chi connectivity index (χ0n) is 11.9. The first kappa shape index (κ1) is 13.8. The Morgan fingerprint density at radius 1 is 1.25 bits per heavy atom. The molecule has 4 heteroatoms. The third-order valence-corrected chi connectivity index (χ3v) is 4.76. The zero-order chi connectivity index (χ0) is 14.1. The van der Waals surface area contributed by atoms with E-state index >= 15 is 0 Å². The Balaban J connectivity index is 1.95. The number of benzene rings is 1. The number of nitrogens with one attached hydrogen (secondary N) is 1. The number of rotatable bonds is 2. The SMILES string of the molecule is Cc1nn(C)cc1C1CCNCC1c1ccc(Br)cc1. The highest BCUT2D eigenvalue weighted by Crippen LogP contribution is 2.38. The van der Waals surface area contributed by atoms with E-state index in [2.05, 4.69) is 63.7 Å². The van der Waals surface area contributed by atoms with Crippen molar-refractivity contribution in [3.05, 3.63) is 51.8 Å². The summed E-state index contributed by atoms with van der Waals surface area (Å²) < 4.78 is 3.07. The first-order valence-electron chi connectivity index (χ1n) is 7.11. The van der Waals surface area contributed by atoms with Crippen molar-refractivity contribution in [1.29, 1.82) is 0 Å². The molecule has 1 saturated heterocycles. The lowest BCUT2D eigenvalue weighted by Gasteiger charge is -2.32. The molecule has 1 aliphatic rings. The molecule has 1 aromatic carbocycles. The van der Waals surface area contributed by atoms with E-state index in [0.717, 1.165) is 17.6 Å². The summed E-state index contributed by atoms with van der Waals surface area (Å²) in [4.78, 5) is 0. The smallest absolute Gasteiger partial charge is 0.0628 e. The molecule has 3 rings (SSSR count). The molecule has 0 aliphatic carbocycles. The molecular formula is C16H20BrN3. The Labute approximate surface area is 128 Å². The predicted molar refractivity (Wildman–Crippen MR) is 85.1 cm³/mol. The quantitative estimate of drug-likeness (QED) is 0.913. The van der Waals surface area contributed by atoms with Gasteiger partial charge in [0.1, 0.15) is 0 Å². The maximum atomic E-state index is 4.52. The summed E-state index contributed by atoms with van der Waals surface area (Å²) in [6.45, 7) is 4.25. The molecule has 2 atom stereocenters. The minimum Gasteiger partial charge on any atom is -0.316 e. The van der Waals surface area contributed by atoms with Crippen molar-refractivity contribution in [2.75, 3.05) is 13.1 Å². The summed E-state index contributed by atoms with van der Waals surface area (Å²) in [5.41, 5.74) is 3.98. The molecule has 0 saturated carbocycles. The molecule has 2 aromatic rings. The molecule has 2 heterocycles. The maximum absolute atomic E-state index is 4.52. The lowest BCUT2D eigenvalue weighted by atomic mass is 9.77. The van der Waals surface area contributed by atoms with Crippen LogP contribution in [0.2, 0.25) is 0 Å². The van der Waals surface area contributed by atoms with Crippen LogP contribution in [0.1, 0.15) is 35.1 Å². The van der Waals surface area contributed by atoms with Gasteiger partial charge in [-0.25, -0.2) is 0 Å². The van der Waals surface area contributed by atoms with Crippen LogP contribution in [-0.2, 0) is 7.05 Å². The van der Waals surface area contributed by atoms with E-state index < -0.39 is 0 Å². The highest BCUT2D eigenvalue weighted by molar-refractivity contribution is 9.10. The average molecular weight is 334 g/mol. The van der Waals surface area contributed by atoms with E-state index in [4.69, 9.17) is 0 Å². The van der Waals surface area contributed by atoms with Gasteiger partial charge in [-0.1, -0.05) is 28.1 Å². The van der Waals surface area contributed by atoms with Crippen molar-refractivity contribution in [2.24, 2.45) is 7.05 Å². The summed E-state index contributed by atoms with van der Waals surface area (Å²) in [5, 5.41) is 8.05. The monoisotopic (exact) mass is 333 g/mol. The molecule has 1 fully saturated rings. The number of aromatic nitrogens is 2. The van der Waals surface area contributed by atoms with Crippen LogP contribution in [-0.4, -0.2) is 22.9 Å². The fraction of sp³-hybridized carbons (Fsp3) is 0.438. The van der Waals surface area contributed by atoms with Crippen molar-refractivity contribution in [3.8, 4) is 0 Å². The molecular weight excluding hydrogens is 314 g/mol. The van der Waals surface area contributed by atoms with E-state index in [-0.39, 0.29) is 0 Å². The van der Waals surface area contributed by atoms with Gasteiger partial charge in [0.15, 0.2) is 0 Å². The standard InChI is InChI=1S/C16H20BrN3/c1-11-16(10-20(2)19-11)14-7-8-18-9-15(14)12-3-5-13(17)6-4-12/h3-6,10,14-15,18H,7-9H2,1-2H3. The van der Waals surface area contributed by atoms with E-state index in [1.807, 2.05) is 11.7 Å². The van der Waals surface area contributed by atoms with Crippen molar-refractivity contribution in [1.82, 2.24) is 15.1 Å². The lowest BCUT2D eigenvalue weighted by molar-refractivity contribution is 0.403. The van der Waals surface area contributed by atoms with Gasteiger partial charge in [-0.2, -0.15) is 5.10 Å². The van der Waals surface area contributed by atoms with Gasteiger partial charge < -0.3 is 5.32 Å². The molecule has 1 N–H and O–H groups in total. The zero-order valence-corrected chi connectivity index (χ0v) is 13.5. The normalized spacial score (nSPS) is 22.9. The van der Waals surface area contributed by atoms with Gasteiger partial charge >= 0.3 is 0 Å². The second-order valence-electron chi connectivity index (χ2n) is 5.60. The van der Waals surface area contributed by atoms with E-state index in [9.17, 15) is 0 Å². The summed E-state index contributed by atoms with van der Waals surface area (Å²) in [7, 11) is 2.01. The topological polar surface area (TPSA) is 29.9 Å². The summed E-state index contributed by atoms with van der Waals surface area (Å²) in [5.74, 6) is 1.09. The average Bonchev–Trinajstić information content (AvgIpc) is 2.78. The molecule has 106 valence electrons. The van der Waals surface area contributed by atoms with E-state index in [0.29, 0.717) is 11.8 Å². The van der Waals surface area contributed by atoms with Crippen LogP contribution in [0.3, 0.4) is 0 Å². The molecule has 3 nitrogen and oxygen atoms in total. The van der Waals surface area contributed by atoms with Crippen molar-refractivity contribution >= 4 is 15.9 Å². The van der Waals surface area contributed by atoms with E-state index in [1.165, 1.54) is 23.2 Å². The van der Waals surface area contributed by atoms with Gasteiger partial charge in [-0.05, 0) is 49.1 Å². The van der Waals surface area contributed by atoms with Crippen LogP contribution in [0.25, 0.3) is 0 Å². The largest absolute Gasteiger partial charge is 0.316 e. The fourth-order valence-electron chi connectivity index (χ4n) is 3.27. The number of piperidine rings is 1. The first-order valence-corrected chi connectivity index (χ1v) is 7.91. The summed E-state index contributed by atoms with van der Waals surface area (Å²) in [6.07, 6.45) is 3.37. The summed E-state index contributed by atoms with van der Waals surface area (Å²) in [6, 6.07) is 8.75. The second kappa shape index (κ2) is 5.70. The van der Waals surface area contributed by atoms with Gasteiger partial charge in [0.25, 0.3) is 0 Å². The third-order valence-electron chi connectivity index (χ3n) is 4.23. The Hall–Kier alpha value is -1.13. The minimum absolute atomic E-state index is 0.528. The van der Waals surface area contributed by atoms with Gasteiger partial charge in [-0.3, -0.25) is 4.68 Å². The molecule has 2 unspecified atom stereocenters. The Morgan fingerprint density at radius 3 is 2.65 bits per heavy atom. The van der Waals surface area contributed by atoms with Crippen LogP contribution >= 0.6 is 15.9 Å². The highest BCUT2D eigenvalue weighted by Gasteiger charge is 2.29. The number of hydrogen-bond acceptors (Lipinski definition) is 2. The maximum Gasteiger partial charge on any atom is 0.0628 e.